The predicted octanol–water partition coefficient (Wildman–Crippen LogP) is 9.19. The summed E-state index contributed by atoms with van der Waals surface area (Å²) in [7, 11) is 0. The molecule has 2 fully saturated rings. The van der Waals surface area contributed by atoms with Gasteiger partial charge >= 0.3 is 12.4 Å². The summed E-state index contributed by atoms with van der Waals surface area (Å²) in [6.45, 7) is 7.90. The molecule has 0 unspecified atom stereocenters. The van der Waals surface area contributed by atoms with E-state index in [9.17, 15) is 40.7 Å². The summed E-state index contributed by atoms with van der Waals surface area (Å²) in [5.41, 5.74) is -3.53. The van der Waals surface area contributed by atoms with Crippen molar-refractivity contribution in [2.24, 2.45) is 5.41 Å². The lowest BCUT2D eigenvalue weighted by molar-refractivity contribution is -0.160. The molecule has 2 amide bonds. The Morgan fingerprint density at radius 1 is 0.981 bits per heavy atom. The summed E-state index contributed by atoms with van der Waals surface area (Å²) in [6, 6.07) is 9.11. The molecule has 2 aliphatic heterocycles. The molecule has 8 nitrogen and oxygen atoms in total. The van der Waals surface area contributed by atoms with Gasteiger partial charge in [-0.05, 0) is 68.7 Å². The van der Waals surface area contributed by atoms with Gasteiger partial charge in [-0.1, -0.05) is 45.4 Å². The molecular weight excluding hydrogens is 736 g/mol. The fourth-order valence-corrected chi connectivity index (χ4v) is 7.96. The van der Waals surface area contributed by atoms with Crippen LogP contribution in [0.3, 0.4) is 0 Å². The van der Waals surface area contributed by atoms with E-state index in [1.54, 1.807) is 18.7 Å². The molecule has 5 rings (SSSR count). The normalized spacial score (nSPS) is 20.1. The molecule has 2 saturated heterocycles. The number of hydrogen-bond donors (Lipinski definition) is 0. The Kier molecular flexibility index (Phi) is 12.4. The van der Waals surface area contributed by atoms with Crippen LogP contribution in [0.5, 0.6) is 11.5 Å². The summed E-state index contributed by atoms with van der Waals surface area (Å²) < 4.78 is 95.7. The average Bonchev–Trinajstić information content (AvgIpc) is 3.61. The molecule has 1 aromatic carbocycles. The molecule has 2 aromatic heterocycles. The van der Waals surface area contributed by atoms with Crippen molar-refractivity contribution in [2.75, 3.05) is 26.2 Å². The van der Waals surface area contributed by atoms with Gasteiger partial charge in [0.2, 0.25) is 5.60 Å². The lowest BCUT2D eigenvalue weighted by Crippen LogP contribution is -2.68. The van der Waals surface area contributed by atoms with Gasteiger partial charge in [-0.25, -0.2) is 0 Å². The first-order valence-corrected chi connectivity index (χ1v) is 19.0. The lowest BCUT2D eigenvalue weighted by atomic mass is 9.79. The minimum Gasteiger partial charge on any atom is -0.493 e. The van der Waals surface area contributed by atoms with Crippen LogP contribution in [0.25, 0.3) is 0 Å². The van der Waals surface area contributed by atoms with Gasteiger partial charge in [-0.3, -0.25) is 19.4 Å². The molecule has 294 valence electrons. The maximum absolute atomic E-state index is 14.9. The van der Waals surface area contributed by atoms with Crippen LogP contribution in [0.2, 0.25) is 0 Å². The van der Waals surface area contributed by atoms with Crippen LogP contribution >= 0.6 is 11.3 Å². The van der Waals surface area contributed by atoms with Crippen molar-refractivity contribution in [3.63, 3.8) is 0 Å². The van der Waals surface area contributed by atoms with Crippen LogP contribution in [-0.2, 0) is 21.9 Å². The van der Waals surface area contributed by atoms with Crippen molar-refractivity contribution >= 4 is 28.9 Å². The van der Waals surface area contributed by atoms with E-state index in [1.807, 2.05) is 38.1 Å². The van der Waals surface area contributed by atoms with E-state index < -0.39 is 57.4 Å². The number of thiophene rings is 1. The second-order valence-corrected chi connectivity index (χ2v) is 15.5. The minimum absolute atomic E-state index is 0.00431. The fourth-order valence-electron chi connectivity index (χ4n) is 7.28. The van der Waals surface area contributed by atoms with E-state index in [0.29, 0.717) is 49.4 Å². The number of halogens is 6. The first-order valence-electron chi connectivity index (χ1n) is 18.1. The topological polar surface area (TPSA) is 89.0 Å². The maximum Gasteiger partial charge on any atom is 0.425 e. The number of pyridine rings is 1. The molecule has 3 aromatic rings. The lowest BCUT2D eigenvalue weighted by Gasteiger charge is -2.50. The molecule has 0 bridgehead atoms. The number of rotatable bonds is 12. The average molecular weight is 782 g/mol. The highest BCUT2D eigenvalue weighted by Gasteiger charge is 2.56. The molecule has 15 heteroatoms. The smallest absolute Gasteiger partial charge is 0.425 e. The minimum atomic E-state index is -4.89. The highest BCUT2D eigenvalue weighted by Crippen LogP contribution is 2.44. The number of likely N-dealkylation sites (tertiary alicyclic amines) is 2. The monoisotopic (exact) mass is 781 g/mol. The number of piperidine rings is 2. The summed E-state index contributed by atoms with van der Waals surface area (Å²) in [6.07, 6.45) is -6.23. The zero-order chi connectivity index (χ0) is 39.5. The summed E-state index contributed by atoms with van der Waals surface area (Å²) in [5.74, 6) is -1.05. The Morgan fingerprint density at radius 3 is 2.31 bits per heavy atom. The first-order chi connectivity index (χ1) is 25.4. The molecular formula is C39H45F6N3O5S. The highest BCUT2D eigenvalue weighted by atomic mass is 32.1. The van der Waals surface area contributed by atoms with Crippen LogP contribution < -0.4 is 9.47 Å². The molecule has 0 spiro atoms. The number of alkyl halides is 6. The second-order valence-electron chi connectivity index (χ2n) is 14.6. The number of carbonyl (C=O) groups excluding carboxylic acids is 3. The zero-order valence-electron chi connectivity index (χ0n) is 30.7. The summed E-state index contributed by atoms with van der Waals surface area (Å²) >= 11 is 0.403. The number of para-hydroxylation sites is 1. The SMILES string of the molecule is CCC[C@H]1N(C(=O)c2ncccc2C(F)(F)F)CCC[C@@]1(Oc1csc(C(F)(F)F)c1)C(=O)N1CCC(c2ccccc2OCCC(C)(C)C(C)=O)CC1. The largest absolute Gasteiger partial charge is 0.493 e. The van der Waals surface area contributed by atoms with E-state index >= 15 is 0 Å². The molecule has 54 heavy (non-hydrogen) atoms. The van der Waals surface area contributed by atoms with Gasteiger partial charge in [0.05, 0.1) is 18.2 Å². The number of hydrogen-bond acceptors (Lipinski definition) is 7. The van der Waals surface area contributed by atoms with E-state index in [2.05, 4.69) is 4.98 Å². The third kappa shape index (κ3) is 8.87. The van der Waals surface area contributed by atoms with Gasteiger partial charge in [0.1, 0.15) is 27.9 Å². The number of carbonyl (C=O) groups is 3. The van der Waals surface area contributed by atoms with E-state index in [0.717, 1.165) is 35.3 Å². The van der Waals surface area contributed by atoms with Crippen molar-refractivity contribution in [3.8, 4) is 11.5 Å². The molecule has 0 saturated carbocycles. The van der Waals surface area contributed by atoms with Crippen molar-refractivity contribution < 1.29 is 50.2 Å². The number of ether oxygens (including phenoxy) is 2. The van der Waals surface area contributed by atoms with Crippen LogP contribution in [-0.4, -0.2) is 70.3 Å². The number of Topliss-reactive ketones (excluding diaryl/α,β-unsaturated/α-hetero) is 1. The van der Waals surface area contributed by atoms with Gasteiger partial charge in [-0.2, -0.15) is 26.3 Å². The Bertz CT molecular complexity index is 1800. The number of aromatic nitrogens is 1. The van der Waals surface area contributed by atoms with Gasteiger partial charge in [0.25, 0.3) is 11.8 Å². The van der Waals surface area contributed by atoms with Gasteiger partial charge in [0.15, 0.2) is 0 Å². The Balaban J connectivity index is 1.44. The third-order valence-electron chi connectivity index (χ3n) is 10.6. The number of amides is 2. The van der Waals surface area contributed by atoms with Crippen LogP contribution in [0.4, 0.5) is 26.3 Å². The standard InChI is InChI=1S/C39H45F6N3O5S/c1-5-10-31-37(53-27-23-32(54-24-27)39(43,44)45,16-9-19-48(31)34(50)33-29(38(40,41)42)12-8-18-46-33)35(51)47-20-14-26(15-21-47)28-11-6-7-13-30(28)52-22-17-36(3,4)25(2)49/h6-8,11-13,18,23-24,26,31H,5,9-10,14-17,19-22H2,1-4H3/t31-,37+/m1/s1. The van der Waals surface area contributed by atoms with Crippen molar-refractivity contribution in [1.29, 1.82) is 0 Å². The van der Waals surface area contributed by atoms with Gasteiger partial charge in [0, 0.05) is 49.1 Å². The second kappa shape index (κ2) is 16.3. The zero-order valence-corrected chi connectivity index (χ0v) is 31.5. The van der Waals surface area contributed by atoms with Gasteiger partial charge in [-0.15, -0.1) is 11.3 Å². The molecule has 4 heterocycles. The van der Waals surface area contributed by atoms with Crippen LogP contribution in [0.15, 0.2) is 54.0 Å². The summed E-state index contributed by atoms with van der Waals surface area (Å²) in [4.78, 5) is 46.6. The fraction of sp³-hybridized carbons (Fsp3) is 0.538. The molecule has 0 N–H and O–H groups in total. The first kappa shape index (κ1) is 41.0. The highest BCUT2D eigenvalue weighted by molar-refractivity contribution is 7.10. The number of benzene rings is 1. The maximum atomic E-state index is 14.9. The van der Waals surface area contributed by atoms with Crippen molar-refractivity contribution in [3.05, 3.63) is 75.7 Å². The quantitative estimate of drug-likeness (QED) is 0.170. The van der Waals surface area contributed by atoms with Crippen LogP contribution in [0.1, 0.15) is 105 Å². The van der Waals surface area contributed by atoms with Crippen molar-refractivity contribution in [1.82, 2.24) is 14.8 Å². The van der Waals surface area contributed by atoms with E-state index in [-0.39, 0.29) is 56.3 Å². The van der Waals surface area contributed by atoms with Crippen LogP contribution in [0, 0.1) is 5.41 Å². The van der Waals surface area contributed by atoms with E-state index in [4.69, 9.17) is 9.47 Å². The molecule has 0 aliphatic carbocycles. The Hall–Kier alpha value is -4.14. The number of nitrogens with zero attached hydrogens (tertiary/aromatic N) is 3. The molecule has 2 aliphatic rings. The van der Waals surface area contributed by atoms with Gasteiger partial charge < -0.3 is 19.3 Å². The van der Waals surface area contributed by atoms with Crippen molar-refractivity contribution in [2.45, 2.75) is 103 Å². The Morgan fingerprint density at radius 2 is 1.69 bits per heavy atom. The summed E-state index contributed by atoms with van der Waals surface area (Å²) in [5, 5.41) is 1.16. The molecule has 0 radical (unpaired) electrons. The number of ketones is 1. The Labute approximate surface area is 314 Å². The predicted molar refractivity (Wildman–Crippen MR) is 190 cm³/mol. The molecule has 2 atom stereocenters. The van der Waals surface area contributed by atoms with E-state index in [1.165, 1.54) is 4.90 Å². The third-order valence-corrected chi connectivity index (χ3v) is 11.5.